The van der Waals surface area contributed by atoms with Crippen LogP contribution in [0.25, 0.3) is 11.3 Å². The van der Waals surface area contributed by atoms with E-state index in [1.807, 2.05) is 6.92 Å². The molecule has 0 bridgehead atoms. The minimum atomic E-state index is -1.25. The lowest BCUT2D eigenvalue weighted by atomic mass is 10.0. The number of aromatic nitrogens is 1. The quantitative estimate of drug-likeness (QED) is 0.875. The molecule has 0 aliphatic heterocycles. The zero-order chi connectivity index (χ0) is 13.3. The molecule has 1 aromatic carbocycles. The van der Waals surface area contributed by atoms with Crippen molar-refractivity contribution in [1.29, 1.82) is 0 Å². The number of halogens is 1. The average molecular weight is 251 g/mol. The Labute approximate surface area is 101 Å². The summed E-state index contributed by atoms with van der Waals surface area (Å²) in [6, 6.07) is 3.88. The van der Waals surface area contributed by atoms with Crippen molar-refractivity contribution in [2.24, 2.45) is 0 Å². The van der Waals surface area contributed by atoms with Crippen molar-refractivity contribution in [3.05, 3.63) is 35.3 Å². The van der Waals surface area contributed by atoms with Crippen molar-refractivity contribution >= 4 is 5.97 Å². The largest absolute Gasteiger partial charge is 0.504 e. The maximum absolute atomic E-state index is 13.4. The maximum Gasteiger partial charge on any atom is 0.358 e. The van der Waals surface area contributed by atoms with Crippen molar-refractivity contribution in [2.45, 2.75) is 13.3 Å². The molecule has 0 saturated heterocycles. The van der Waals surface area contributed by atoms with Crippen LogP contribution in [0.15, 0.2) is 22.7 Å². The summed E-state index contributed by atoms with van der Waals surface area (Å²) in [7, 11) is 0. The number of phenols is 1. The fraction of sp³-hybridized carbons (Fsp3) is 0.167. The second-order valence-corrected chi connectivity index (χ2v) is 3.71. The Morgan fingerprint density at radius 2 is 2.17 bits per heavy atom. The molecule has 18 heavy (non-hydrogen) atoms. The molecule has 1 heterocycles. The molecule has 2 rings (SSSR count). The molecule has 0 fully saturated rings. The fourth-order valence-corrected chi connectivity index (χ4v) is 1.55. The first-order valence-electron chi connectivity index (χ1n) is 5.24. The predicted octanol–water partition coefficient (Wildman–Crippen LogP) is 2.45. The number of carboxylic acid groups (broad SMARTS) is 1. The van der Waals surface area contributed by atoms with E-state index in [0.717, 1.165) is 6.07 Å². The first-order chi connectivity index (χ1) is 8.52. The SMILES string of the molecule is CCc1cc(F)c(O)c(-c2cc(C(=O)O)no2)c1. The molecule has 0 spiro atoms. The third-order valence-electron chi connectivity index (χ3n) is 2.53. The van der Waals surface area contributed by atoms with E-state index in [0.29, 0.717) is 12.0 Å². The smallest absolute Gasteiger partial charge is 0.358 e. The topological polar surface area (TPSA) is 83.6 Å². The summed E-state index contributed by atoms with van der Waals surface area (Å²) in [5.74, 6) is -2.60. The molecule has 5 nitrogen and oxygen atoms in total. The Hall–Kier alpha value is -2.37. The molecule has 0 aliphatic rings. The lowest BCUT2D eigenvalue weighted by molar-refractivity contribution is 0.0686. The van der Waals surface area contributed by atoms with E-state index in [4.69, 9.17) is 9.63 Å². The normalized spacial score (nSPS) is 10.6. The lowest BCUT2D eigenvalue weighted by Gasteiger charge is -2.04. The molecule has 1 aromatic heterocycles. The van der Waals surface area contributed by atoms with Gasteiger partial charge in [-0.2, -0.15) is 0 Å². The van der Waals surface area contributed by atoms with Crippen LogP contribution in [0.5, 0.6) is 5.75 Å². The Morgan fingerprint density at radius 3 is 2.72 bits per heavy atom. The monoisotopic (exact) mass is 251 g/mol. The number of nitrogens with zero attached hydrogens (tertiary/aromatic N) is 1. The van der Waals surface area contributed by atoms with Gasteiger partial charge in [-0.15, -0.1) is 0 Å². The van der Waals surface area contributed by atoms with Gasteiger partial charge in [0.1, 0.15) is 0 Å². The zero-order valence-electron chi connectivity index (χ0n) is 9.48. The number of rotatable bonds is 3. The number of aromatic hydroxyl groups is 1. The molecular formula is C12H10FNO4. The van der Waals surface area contributed by atoms with Gasteiger partial charge in [-0.3, -0.25) is 0 Å². The highest BCUT2D eigenvalue weighted by Gasteiger charge is 2.17. The van der Waals surface area contributed by atoms with E-state index in [-0.39, 0.29) is 17.0 Å². The number of aromatic carboxylic acids is 1. The van der Waals surface area contributed by atoms with E-state index in [1.165, 1.54) is 12.1 Å². The standard InChI is InChI=1S/C12H10FNO4/c1-2-6-3-7(11(15)8(13)4-6)10-5-9(12(16)17)14-18-10/h3-5,15H,2H2,1H3,(H,16,17). The molecule has 0 aliphatic carbocycles. The highest BCUT2D eigenvalue weighted by atomic mass is 19.1. The Morgan fingerprint density at radius 1 is 1.44 bits per heavy atom. The minimum absolute atomic E-state index is 0.0131. The summed E-state index contributed by atoms with van der Waals surface area (Å²) in [5, 5.41) is 21.6. The van der Waals surface area contributed by atoms with Crippen molar-refractivity contribution in [1.82, 2.24) is 5.16 Å². The van der Waals surface area contributed by atoms with Crippen molar-refractivity contribution in [3.63, 3.8) is 0 Å². The van der Waals surface area contributed by atoms with E-state index in [2.05, 4.69) is 5.16 Å². The third-order valence-corrected chi connectivity index (χ3v) is 2.53. The minimum Gasteiger partial charge on any atom is -0.504 e. The Bertz CT molecular complexity index is 606. The Kier molecular flexibility index (Phi) is 3.01. The average Bonchev–Trinajstić information content (AvgIpc) is 2.82. The van der Waals surface area contributed by atoms with Crippen molar-refractivity contribution in [3.8, 4) is 17.1 Å². The first-order valence-corrected chi connectivity index (χ1v) is 5.24. The second kappa shape index (κ2) is 4.48. The van der Waals surface area contributed by atoms with Crippen LogP contribution in [-0.2, 0) is 6.42 Å². The molecule has 0 radical (unpaired) electrons. The molecule has 0 saturated carbocycles. The van der Waals surface area contributed by atoms with Gasteiger partial charge in [0.15, 0.2) is 23.0 Å². The molecule has 0 atom stereocenters. The highest BCUT2D eigenvalue weighted by molar-refractivity contribution is 5.86. The molecular weight excluding hydrogens is 241 g/mol. The predicted molar refractivity (Wildman–Crippen MR) is 59.9 cm³/mol. The number of phenolic OH excluding ortho intramolecular Hbond substituents is 1. The number of hydrogen-bond acceptors (Lipinski definition) is 4. The highest BCUT2D eigenvalue weighted by Crippen LogP contribution is 2.33. The molecule has 0 amide bonds. The number of carboxylic acids is 1. The number of benzene rings is 1. The Balaban J connectivity index is 2.55. The fourth-order valence-electron chi connectivity index (χ4n) is 1.55. The van der Waals surface area contributed by atoms with Crippen LogP contribution < -0.4 is 0 Å². The van der Waals surface area contributed by atoms with Crippen LogP contribution in [0, 0.1) is 5.82 Å². The van der Waals surface area contributed by atoms with Crippen LogP contribution in [0.1, 0.15) is 23.0 Å². The summed E-state index contributed by atoms with van der Waals surface area (Å²) < 4.78 is 18.2. The molecule has 2 aromatic rings. The van der Waals surface area contributed by atoms with Crippen molar-refractivity contribution < 1.29 is 23.9 Å². The van der Waals surface area contributed by atoms with Gasteiger partial charge >= 0.3 is 5.97 Å². The van der Waals surface area contributed by atoms with Crippen LogP contribution >= 0.6 is 0 Å². The zero-order valence-corrected chi connectivity index (χ0v) is 9.48. The summed E-state index contributed by atoms with van der Waals surface area (Å²) >= 11 is 0. The van der Waals surface area contributed by atoms with E-state index >= 15 is 0 Å². The van der Waals surface area contributed by atoms with Gasteiger partial charge in [-0.25, -0.2) is 9.18 Å². The van der Waals surface area contributed by atoms with Gasteiger partial charge in [0.2, 0.25) is 0 Å². The number of carbonyl (C=O) groups is 1. The molecule has 94 valence electrons. The van der Waals surface area contributed by atoms with Crippen LogP contribution in [0.3, 0.4) is 0 Å². The molecule has 6 heteroatoms. The second-order valence-electron chi connectivity index (χ2n) is 3.71. The van der Waals surface area contributed by atoms with Crippen LogP contribution in [0.4, 0.5) is 4.39 Å². The number of aryl methyl sites for hydroxylation is 1. The summed E-state index contributed by atoms with van der Waals surface area (Å²) in [6.45, 7) is 1.83. The van der Waals surface area contributed by atoms with Gasteiger partial charge in [0, 0.05) is 6.07 Å². The third kappa shape index (κ3) is 2.04. The van der Waals surface area contributed by atoms with Crippen molar-refractivity contribution in [2.75, 3.05) is 0 Å². The lowest BCUT2D eigenvalue weighted by Crippen LogP contribution is -1.94. The van der Waals surface area contributed by atoms with Gasteiger partial charge in [-0.05, 0) is 24.1 Å². The summed E-state index contributed by atoms with van der Waals surface area (Å²) in [5.41, 5.74) is 0.451. The summed E-state index contributed by atoms with van der Waals surface area (Å²) in [6.07, 6.45) is 0.574. The molecule has 2 N–H and O–H groups in total. The van der Waals surface area contributed by atoms with E-state index < -0.39 is 17.5 Å². The van der Waals surface area contributed by atoms with Gasteiger partial charge in [0.25, 0.3) is 0 Å². The molecule has 0 unspecified atom stereocenters. The van der Waals surface area contributed by atoms with Gasteiger partial charge in [0.05, 0.1) is 5.56 Å². The van der Waals surface area contributed by atoms with Gasteiger partial charge in [-0.1, -0.05) is 12.1 Å². The number of hydrogen-bond donors (Lipinski definition) is 2. The summed E-state index contributed by atoms with van der Waals surface area (Å²) in [4.78, 5) is 10.7. The van der Waals surface area contributed by atoms with Crippen LogP contribution in [0.2, 0.25) is 0 Å². The van der Waals surface area contributed by atoms with Gasteiger partial charge < -0.3 is 14.7 Å². The van der Waals surface area contributed by atoms with E-state index in [1.54, 1.807) is 0 Å². The maximum atomic E-state index is 13.4. The van der Waals surface area contributed by atoms with Crippen LogP contribution in [-0.4, -0.2) is 21.3 Å². The first kappa shape index (κ1) is 12.1. The van der Waals surface area contributed by atoms with E-state index in [9.17, 15) is 14.3 Å².